The molecule has 180 valence electrons. The summed E-state index contributed by atoms with van der Waals surface area (Å²) >= 11 is 5.68. The number of pyridine rings is 1. The number of anilines is 3. The zero-order valence-electron chi connectivity index (χ0n) is 19.1. The lowest BCUT2D eigenvalue weighted by Crippen LogP contribution is -2.55. The number of thiocarbonyl (C=S) groups is 1. The summed E-state index contributed by atoms with van der Waals surface area (Å²) in [5.41, 5.74) is 0.311. The molecule has 2 amide bonds. The van der Waals surface area contributed by atoms with Crippen LogP contribution in [0.15, 0.2) is 54.7 Å². The number of hydrogen-bond acceptors (Lipinski definition) is 5. The number of rotatable bonds is 4. The number of aromatic nitrogens is 1. The van der Waals surface area contributed by atoms with Crippen LogP contribution < -0.4 is 15.1 Å². The van der Waals surface area contributed by atoms with Crippen molar-refractivity contribution in [3.8, 4) is 6.07 Å². The first-order valence-corrected chi connectivity index (χ1v) is 11.6. The number of amides is 2. The lowest BCUT2D eigenvalue weighted by atomic mass is 9.75. The standard InChI is InChI=1S/C26H19F2N5O2S/c1-15-11-17(14-30-22(15)13-29)32-24(35)26(9-4-10-26)33(25(32)36)16-7-8-18(20(28)12-16)23(34)31-21-6-3-2-5-19(21)27/h2-3,5-8,11-12,14H,4,9-10H2,1H3,(H,31,34). The minimum atomic E-state index is -0.956. The number of benzene rings is 2. The average molecular weight is 504 g/mol. The van der Waals surface area contributed by atoms with Gasteiger partial charge in [-0.05, 0) is 80.4 Å². The number of hydrogen-bond donors (Lipinski definition) is 1. The van der Waals surface area contributed by atoms with Crippen LogP contribution in [0.4, 0.5) is 25.8 Å². The lowest BCUT2D eigenvalue weighted by molar-refractivity contribution is -0.123. The first-order valence-electron chi connectivity index (χ1n) is 11.2. The average Bonchev–Trinajstić information content (AvgIpc) is 3.07. The van der Waals surface area contributed by atoms with E-state index in [-0.39, 0.29) is 28.0 Å². The SMILES string of the molecule is Cc1cc(N2C(=O)C3(CCC3)N(c3ccc(C(=O)Nc4ccccc4F)c(F)c3)C2=S)cnc1C#N. The maximum Gasteiger partial charge on any atom is 0.259 e. The number of para-hydroxylation sites is 1. The van der Waals surface area contributed by atoms with Crippen molar-refractivity contribution in [3.05, 3.63) is 83.2 Å². The van der Waals surface area contributed by atoms with Crippen molar-refractivity contribution in [2.45, 2.75) is 31.7 Å². The highest BCUT2D eigenvalue weighted by atomic mass is 32.1. The topological polar surface area (TPSA) is 89.3 Å². The molecule has 5 rings (SSSR count). The Bertz CT molecular complexity index is 1480. The van der Waals surface area contributed by atoms with Crippen molar-refractivity contribution in [2.75, 3.05) is 15.1 Å². The zero-order chi connectivity index (χ0) is 25.6. The molecule has 0 atom stereocenters. The number of carbonyl (C=O) groups is 2. The highest BCUT2D eigenvalue weighted by molar-refractivity contribution is 7.81. The van der Waals surface area contributed by atoms with Crippen molar-refractivity contribution in [2.24, 2.45) is 0 Å². The molecule has 1 aliphatic heterocycles. The number of carbonyl (C=O) groups excluding carboxylic acids is 2. The van der Waals surface area contributed by atoms with Gasteiger partial charge in [-0.15, -0.1) is 0 Å². The Labute approximate surface area is 211 Å². The van der Waals surface area contributed by atoms with Crippen molar-refractivity contribution in [1.82, 2.24) is 4.98 Å². The fraction of sp³-hybridized carbons (Fsp3) is 0.192. The number of aryl methyl sites for hydroxylation is 1. The minimum absolute atomic E-state index is 0.0623. The molecule has 0 unspecified atom stereocenters. The van der Waals surface area contributed by atoms with E-state index in [0.717, 1.165) is 12.5 Å². The number of nitrogens with one attached hydrogen (secondary N) is 1. The normalized spacial score (nSPS) is 16.2. The van der Waals surface area contributed by atoms with Crippen LogP contribution in [0, 0.1) is 29.9 Å². The summed E-state index contributed by atoms with van der Waals surface area (Å²) in [6.45, 7) is 1.72. The molecule has 2 fully saturated rings. The van der Waals surface area contributed by atoms with Gasteiger partial charge in [0.1, 0.15) is 28.9 Å². The van der Waals surface area contributed by atoms with Gasteiger partial charge in [-0.25, -0.2) is 13.8 Å². The highest BCUT2D eigenvalue weighted by Crippen LogP contribution is 2.48. The summed E-state index contributed by atoms with van der Waals surface area (Å²) < 4.78 is 29.1. The molecular formula is C26H19F2N5O2S. The fourth-order valence-corrected chi connectivity index (χ4v) is 5.06. The van der Waals surface area contributed by atoms with Gasteiger partial charge in [0.15, 0.2) is 5.11 Å². The molecule has 10 heteroatoms. The third-order valence-corrected chi connectivity index (χ3v) is 6.96. The molecule has 0 bridgehead atoms. The largest absolute Gasteiger partial charge is 0.319 e. The fourth-order valence-electron chi connectivity index (χ4n) is 4.59. The van der Waals surface area contributed by atoms with Crippen molar-refractivity contribution in [3.63, 3.8) is 0 Å². The molecule has 36 heavy (non-hydrogen) atoms. The predicted molar refractivity (Wildman–Crippen MR) is 134 cm³/mol. The van der Waals surface area contributed by atoms with E-state index in [1.807, 2.05) is 6.07 Å². The van der Waals surface area contributed by atoms with Gasteiger partial charge in [0.2, 0.25) is 0 Å². The lowest BCUT2D eigenvalue weighted by Gasteiger charge is -2.43. The van der Waals surface area contributed by atoms with Crippen LogP contribution in [0.25, 0.3) is 0 Å². The summed E-state index contributed by atoms with van der Waals surface area (Å²) in [4.78, 5) is 33.3. The molecule has 0 radical (unpaired) electrons. The molecule has 2 aliphatic rings. The van der Waals surface area contributed by atoms with E-state index in [0.29, 0.717) is 29.8 Å². The maximum absolute atomic E-state index is 15.1. The van der Waals surface area contributed by atoms with E-state index in [4.69, 9.17) is 12.2 Å². The summed E-state index contributed by atoms with van der Waals surface area (Å²) in [7, 11) is 0. The van der Waals surface area contributed by atoms with Crippen LogP contribution in [0.5, 0.6) is 0 Å². The zero-order valence-corrected chi connectivity index (χ0v) is 19.9. The van der Waals surface area contributed by atoms with Gasteiger partial charge in [0.25, 0.3) is 11.8 Å². The van der Waals surface area contributed by atoms with E-state index in [1.54, 1.807) is 24.0 Å². The quantitative estimate of drug-likeness (QED) is 0.512. The smallest absolute Gasteiger partial charge is 0.259 e. The van der Waals surface area contributed by atoms with E-state index in [1.165, 1.54) is 41.4 Å². The van der Waals surface area contributed by atoms with E-state index in [2.05, 4.69) is 10.3 Å². The Kier molecular flexibility index (Phi) is 5.73. The van der Waals surface area contributed by atoms with Gasteiger partial charge < -0.3 is 10.2 Å². The second kappa shape index (κ2) is 8.77. The van der Waals surface area contributed by atoms with Gasteiger partial charge >= 0.3 is 0 Å². The monoisotopic (exact) mass is 503 g/mol. The molecule has 1 saturated heterocycles. The molecule has 1 N–H and O–H groups in total. The van der Waals surface area contributed by atoms with Gasteiger partial charge in [-0.3, -0.25) is 14.5 Å². The number of nitriles is 1. The van der Waals surface area contributed by atoms with Gasteiger partial charge in [0, 0.05) is 5.69 Å². The Hall–Kier alpha value is -4.23. The highest BCUT2D eigenvalue weighted by Gasteiger charge is 2.59. The summed E-state index contributed by atoms with van der Waals surface area (Å²) in [5, 5.41) is 11.7. The third kappa shape index (κ3) is 3.60. The maximum atomic E-state index is 15.1. The predicted octanol–water partition coefficient (Wildman–Crippen LogP) is 4.85. The van der Waals surface area contributed by atoms with Crippen molar-refractivity contribution in [1.29, 1.82) is 5.26 Å². The molecule has 2 heterocycles. The van der Waals surface area contributed by atoms with E-state index < -0.39 is 23.1 Å². The molecule has 7 nitrogen and oxygen atoms in total. The summed E-state index contributed by atoms with van der Waals surface area (Å²) in [5.74, 6) is -2.52. The molecule has 2 aromatic carbocycles. The first kappa shape index (κ1) is 23.5. The van der Waals surface area contributed by atoms with Crippen molar-refractivity contribution < 1.29 is 18.4 Å². The van der Waals surface area contributed by atoms with Crippen LogP contribution >= 0.6 is 12.2 Å². The minimum Gasteiger partial charge on any atom is -0.319 e. The van der Waals surface area contributed by atoms with Gasteiger partial charge in [-0.1, -0.05) is 12.1 Å². The van der Waals surface area contributed by atoms with Crippen molar-refractivity contribution >= 4 is 46.2 Å². The molecule has 1 aliphatic carbocycles. The van der Waals surface area contributed by atoms with Gasteiger partial charge in [0.05, 0.1) is 23.1 Å². The Balaban J connectivity index is 1.48. The molecule has 1 spiro atoms. The molecular weight excluding hydrogens is 484 g/mol. The Morgan fingerprint density at radius 3 is 2.50 bits per heavy atom. The van der Waals surface area contributed by atoms with Crippen LogP contribution in [-0.4, -0.2) is 27.4 Å². The molecule has 3 aromatic rings. The number of halogens is 2. The summed E-state index contributed by atoms with van der Waals surface area (Å²) in [6, 6.07) is 13.2. The second-order valence-electron chi connectivity index (χ2n) is 8.71. The second-order valence-corrected chi connectivity index (χ2v) is 9.08. The van der Waals surface area contributed by atoms with Gasteiger partial charge in [-0.2, -0.15) is 5.26 Å². The Morgan fingerprint density at radius 2 is 1.89 bits per heavy atom. The van der Waals surface area contributed by atoms with Crippen LogP contribution in [-0.2, 0) is 4.79 Å². The molecule has 1 saturated carbocycles. The van der Waals surface area contributed by atoms with E-state index >= 15 is 4.39 Å². The third-order valence-electron chi connectivity index (χ3n) is 6.60. The van der Waals surface area contributed by atoms with Crippen LogP contribution in [0.2, 0.25) is 0 Å². The summed E-state index contributed by atoms with van der Waals surface area (Å²) in [6.07, 6.45) is 3.28. The first-order chi connectivity index (χ1) is 17.3. The van der Waals surface area contributed by atoms with Crippen LogP contribution in [0.3, 0.4) is 0 Å². The Morgan fingerprint density at radius 1 is 1.14 bits per heavy atom. The molecule has 1 aromatic heterocycles. The number of nitrogens with zero attached hydrogens (tertiary/aromatic N) is 4. The van der Waals surface area contributed by atoms with E-state index in [9.17, 15) is 19.2 Å². The van der Waals surface area contributed by atoms with Crippen LogP contribution in [0.1, 0.15) is 40.9 Å².